The molecule has 2 aromatic heterocycles. The van der Waals surface area contributed by atoms with E-state index in [1.54, 1.807) is 12.1 Å². The first kappa shape index (κ1) is 26.4. The molecule has 10 nitrogen and oxygen atoms in total. The van der Waals surface area contributed by atoms with Crippen molar-refractivity contribution in [3.63, 3.8) is 0 Å². The van der Waals surface area contributed by atoms with Gasteiger partial charge in [-0.1, -0.05) is 53.6 Å². The number of anilines is 3. The van der Waals surface area contributed by atoms with Crippen molar-refractivity contribution in [1.29, 1.82) is 0 Å². The van der Waals surface area contributed by atoms with Crippen LogP contribution in [0.2, 0.25) is 0 Å². The summed E-state index contributed by atoms with van der Waals surface area (Å²) in [5.74, 6) is -0.602. The Hall–Kier alpha value is -4.78. The standard InChI is InChI=1S/C28H24F3N7O3/c1-40-15-27(11-12-27)36-20-13-17(28(29,30)31)14-32-22(20)25-37-38-26(41-25)35-23-24(39)33-19-10-6-5-9-18(19)21(34-23)16-7-3-2-4-8-16/h2-10,13-14,23,36H,11-12,15H2,1H3,(H,33,39)(H,35,38)/t23-/m1/s1. The number of hydrogen-bond donors (Lipinski definition) is 3. The van der Waals surface area contributed by atoms with E-state index in [2.05, 4.69) is 36.1 Å². The van der Waals surface area contributed by atoms with Crippen molar-refractivity contribution in [1.82, 2.24) is 15.2 Å². The second-order valence-corrected chi connectivity index (χ2v) is 9.79. The van der Waals surface area contributed by atoms with Gasteiger partial charge in [-0.05, 0) is 25.0 Å². The fraction of sp³-hybridized carbons (Fsp3) is 0.250. The lowest BCUT2D eigenvalue weighted by molar-refractivity contribution is -0.137. The lowest BCUT2D eigenvalue weighted by Crippen LogP contribution is -2.32. The van der Waals surface area contributed by atoms with Gasteiger partial charge >= 0.3 is 12.2 Å². The molecule has 41 heavy (non-hydrogen) atoms. The molecule has 2 aromatic carbocycles. The van der Waals surface area contributed by atoms with Gasteiger partial charge in [0.05, 0.1) is 34.8 Å². The molecule has 1 atom stereocenters. The number of pyridine rings is 1. The zero-order valence-corrected chi connectivity index (χ0v) is 21.7. The third kappa shape index (κ3) is 5.48. The molecule has 1 aliphatic heterocycles. The second kappa shape index (κ2) is 10.3. The quantitative estimate of drug-likeness (QED) is 0.274. The summed E-state index contributed by atoms with van der Waals surface area (Å²) in [5, 5.41) is 16.8. The first-order valence-electron chi connectivity index (χ1n) is 12.7. The van der Waals surface area contributed by atoms with Crippen LogP contribution >= 0.6 is 0 Å². The minimum atomic E-state index is -4.60. The maximum Gasteiger partial charge on any atom is 0.417 e. The Bertz CT molecular complexity index is 1620. The van der Waals surface area contributed by atoms with Crippen LogP contribution in [-0.2, 0) is 15.7 Å². The highest BCUT2D eigenvalue weighted by molar-refractivity contribution is 6.19. The molecule has 6 rings (SSSR count). The van der Waals surface area contributed by atoms with Gasteiger partial charge in [0.15, 0.2) is 5.69 Å². The molecule has 1 saturated carbocycles. The van der Waals surface area contributed by atoms with Crippen LogP contribution in [-0.4, -0.2) is 52.2 Å². The molecule has 0 saturated heterocycles. The van der Waals surface area contributed by atoms with Gasteiger partial charge in [0, 0.05) is 24.4 Å². The van der Waals surface area contributed by atoms with Gasteiger partial charge < -0.3 is 25.1 Å². The molecule has 0 radical (unpaired) electrons. The van der Waals surface area contributed by atoms with E-state index >= 15 is 0 Å². The number of benzene rings is 2. The number of amides is 1. The number of fused-ring (bicyclic) bond motifs is 1. The number of nitrogens with one attached hydrogen (secondary N) is 3. The number of aromatic nitrogens is 3. The number of ether oxygens (including phenoxy) is 1. The summed E-state index contributed by atoms with van der Waals surface area (Å²) in [6.07, 6.45) is -3.61. The van der Waals surface area contributed by atoms with Crippen LogP contribution in [0, 0.1) is 0 Å². The zero-order chi connectivity index (χ0) is 28.6. The van der Waals surface area contributed by atoms with E-state index in [1.165, 1.54) is 7.11 Å². The van der Waals surface area contributed by atoms with E-state index in [-0.39, 0.29) is 23.3 Å². The molecule has 2 aliphatic rings. The molecule has 3 heterocycles. The van der Waals surface area contributed by atoms with Gasteiger partial charge in [-0.3, -0.25) is 4.79 Å². The molecule has 3 N–H and O–H groups in total. The summed E-state index contributed by atoms with van der Waals surface area (Å²) in [4.78, 5) is 21.8. The highest BCUT2D eigenvalue weighted by Crippen LogP contribution is 2.42. The van der Waals surface area contributed by atoms with Gasteiger partial charge in [0.2, 0.25) is 6.17 Å². The van der Waals surface area contributed by atoms with E-state index in [4.69, 9.17) is 9.15 Å². The summed E-state index contributed by atoms with van der Waals surface area (Å²) in [5.41, 5.74) is 1.37. The van der Waals surface area contributed by atoms with Crippen LogP contribution in [0.15, 0.2) is 76.3 Å². The molecular formula is C28H24F3N7O3. The molecule has 0 unspecified atom stereocenters. The molecular weight excluding hydrogens is 539 g/mol. The SMILES string of the molecule is COCC1(Nc2cc(C(F)(F)F)cnc2-c2nnc(N[C@H]3N=C(c4ccccc4)c4ccccc4NC3=O)o2)CC1. The molecule has 1 amide bonds. The second-order valence-electron chi connectivity index (χ2n) is 9.79. The highest BCUT2D eigenvalue weighted by atomic mass is 19.4. The van der Waals surface area contributed by atoms with Crippen molar-refractivity contribution in [2.45, 2.75) is 30.7 Å². The van der Waals surface area contributed by atoms with Crippen molar-refractivity contribution < 1.29 is 27.1 Å². The van der Waals surface area contributed by atoms with E-state index in [0.717, 1.165) is 17.2 Å². The predicted octanol–water partition coefficient (Wildman–Crippen LogP) is 4.97. The number of methoxy groups -OCH3 is 1. The van der Waals surface area contributed by atoms with Crippen LogP contribution in [0.4, 0.5) is 30.6 Å². The fourth-order valence-electron chi connectivity index (χ4n) is 4.58. The molecule has 1 fully saturated rings. The number of halogens is 3. The fourth-order valence-corrected chi connectivity index (χ4v) is 4.58. The average molecular weight is 564 g/mol. The Labute approximate surface area is 232 Å². The Balaban J connectivity index is 1.32. The molecule has 0 bridgehead atoms. The van der Waals surface area contributed by atoms with Gasteiger partial charge in [0.1, 0.15) is 0 Å². The molecule has 0 spiro atoms. The smallest absolute Gasteiger partial charge is 0.402 e. The monoisotopic (exact) mass is 563 g/mol. The normalized spacial score (nSPS) is 17.6. The Kier molecular flexibility index (Phi) is 6.66. The maximum atomic E-state index is 13.5. The van der Waals surface area contributed by atoms with Crippen molar-refractivity contribution in [3.8, 4) is 11.6 Å². The molecule has 210 valence electrons. The molecule has 1 aliphatic carbocycles. The number of alkyl halides is 3. The number of para-hydroxylation sites is 1. The summed E-state index contributed by atoms with van der Waals surface area (Å²) < 4.78 is 51.4. The largest absolute Gasteiger partial charge is 0.417 e. The lowest BCUT2D eigenvalue weighted by Gasteiger charge is -2.20. The molecule has 13 heteroatoms. The summed E-state index contributed by atoms with van der Waals surface area (Å²) in [7, 11) is 1.52. The minimum Gasteiger partial charge on any atom is -0.402 e. The van der Waals surface area contributed by atoms with E-state index in [9.17, 15) is 18.0 Å². The number of rotatable bonds is 8. The van der Waals surface area contributed by atoms with Crippen LogP contribution in [0.5, 0.6) is 0 Å². The Morgan fingerprint density at radius 1 is 1.10 bits per heavy atom. The van der Waals surface area contributed by atoms with Crippen LogP contribution in [0.3, 0.4) is 0 Å². The first-order chi connectivity index (χ1) is 19.7. The maximum absolute atomic E-state index is 13.5. The van der Waals surface area contributed by atoms with Crippen molar-refractivity contribution in [3.05, 3.63) is 83.6 Å². The number of carbonyl (C=O) groups is 1. The Morgan fingerprint density at radius 2 is 1.85 bits per heavy atom. The highest BCUT2D eigenvalue weighted by Gasteiger charge is 2.44. The lowest BCUT2D eigenvalue weighted by atomic mass is 10.0. The third-order valence-corrected chi connectivity index (χ3v) is 6.77. The number of benzodiazepines with no additional fused rings is 1. The van der Waals surface area contributed by atoms with Crippen molar-refractivity contribution in [2.75, 3.05) is 29.7 Å². The van der Waals surface area contributed by atoms with Gasteiger partial charge in [-0.15, -0.1) is 5.10 Å². The van der Waals surface area contributed by atoms with E-state index in [1.807, 2.05) is 42.5 Å². The number of hydrogen-bond acceptors (Lipinski definition) is 9. The zero-order valence-electron chi connectivity index (χ0n) is 21.7. The van der Waals surface area contributed by atoms with Gasteiger partial charge in [0.25, 0.3) is 11.8 Å². The minimum absolute atomic E-state index is 0.0344. The van der Waals surface area contributed by atoms with Gasteiger partial charge in [-0.2, -0.15) is 13.2 Å². The summed E-state index contributed by atoms with van der Waals surface area (Å²) in [6, 6.07) is 17.5. The van der Waals surface area contributed by atoms with Gasteiger partial charge in [-0.25, -0.2) is 9.98 Å². The van der Waals surface area contributed by atoms with E-state index < -0.39 is 29.4 Å². The number of nitrogens with zero attached hydrogens (tertiary/aromatic N) is 4. The average Bonchev–Trinajstić information content (AvgIpc) is 3.58. The predicted molar refractivity (Wildman–Crippen MR) is 145 cm³/mol. The third-order valence-electron chi connectivity index (χ3n) is 6.77. The first-order valence-corrected chi connectivity index (χ1v) is 12.7. The van der Waals surface area contributed by atoms with Crippen LogP contribution in [0.1, 0.15) is 29.5 Å². The Morgan fingerprint density at radius 3 is 2.59 bits per heavy atom. The topological polar surface area (TPSA) is 127 Å². The summed E-state index contributed by atoms with van der Waals surface area (Å²) in [6.45, 7) is 0.306. The van der Waals surface area contributed by atoms with E-state index in [0.29, 0.717) is 37.0 Å². The number of aliphatic imine (C=N–C) groups is 1. The number of carbonyl (C=O) groups excluding carboxylic acids is 1. The van der Waals surface area contributed by atoms with Crippen LogP contribution in [0.25, 0.3) is 11.6 Å². The summed E-state index contributed by atoms with van der Waals surface area (Å²) >= 11 is 0. The van der Waals surface area contributed by atoms with Crippen molar-refractivity contribution in [2.24, 2.45) is 4.99 Å². The molecule has 4 aromatic rings. The van der Waals surface area contributed by atoms with Crippen molar-refractivity contribution >= 4 is 29.0 Å². The van der Waals surface area contributed by atoms with Crippen LogP contribution < -0.4 is 16.0 Å².